The van der Waals surface area contributed by atoms with Crippen molar-refractivity contribution >= 4 is 131 Å². The van der Waals surface area contributed by atoms with Crippen LogP contribution in [0.5, 0.6) is 11.8 Å². The van der Waals surface area contributed by atoms with E-state index in [9.17, 15) is 57.6 Å². The molecule has 0 bridgehead atoms. The van der Waals surface area contributed by atoms with Gasteiger partial charge in [0.2, 0.25) is 17.1 Å². The number of aromatic nitrogens is 17. The fourth-order valence-corrected chi connectivity index (χ4v) is 23.5. The van der Waals surface area contributed by atoms with Crippen LogP contribution >= 0.6 is 11.5 Å². The molecule has 1 aromatic carbocycles. The number of hydrogen-bond acceptors (Lipinski definition) is 29. The number of nitrogens with one attached hydrogen (secondary N) is 6. The summed E-state index contributed by atoms with van der Waals surface area (Å²) in [5.41, 5.74) is 2.53. The molecule has 5 aliphatic carbocycles. The summed E-state index contributed by atoms with van der Waals surface area (Å²) < 4.78 is 52.7. The second-order valence-electron chi connectivity index (χ2n) is 41.2. The number of halogens is 3. The number of para-hydroxylation sites is 1. The first kappa shape index (κ1) is 97.5. The summed E-state index contributed by atoms with van der Waals surface area (Å²) in [4.78, 5) is 146. The number of nitrogens with zero attached hydrogens (tertiary/aromatic N) is 22. The molecule has 5 saturated heterocycles. The van der Waals surface area contributed by atoms with Crippen LogP contribution in [-0.4, -0.2) is 327 Å². The number of amides is 6. The van der Waals surface area contributed by atoms with Crippen LogP contribution in [0.1, 0.15) is 106 Å². The molecule has 11 aromatic heterocycles. The van der Waals surface area contributed by atoms with Crippen LogP contribution in [0.25, 0.3) is 55.2 Å². The first-order chi connectivity index (χ1) is 67.1. The van der Waals surface area contributed by atoms with Gasteiger partial charge in [-0.15, -0.1) is 4.37 Å². The molecule has 22 rings (SSSR count). The van der Waals surface area contributed by atoms with Gasteiger partial charge < -0.3 is 104 Å². The minimum Gasteiger partial charge on any atom is -0.460 e. The highest BCUT2D eigenvalue weighted by Gasteiger charge is 2.53. The van der Waals surface area contributed by atoms with E-state index in [-0.39, 0.29) is 80.0 Å². The zero-order valence-corrected chi connectivity index (χ0v) is 81.3. The number of aliphatic hydroxyl groups excluding tert-OH is 3. The van der Waals surface area contributed by atoms with Crippen molar-refractivity contribution in [1.29, 1.82) is 0 Å². The van der Waals surface area contributed by atoms with E-state index in [1.165, 1.54) is 6.33 Å². The highest BCUT2D eigenvalue weighted by Crippen LogP contribution is 2.49. The van der Waals surface area contributed by atoms with Crippen molar-refractivity contribution in [1.82, 2.24) is 109 Å². The number of H-pyrrole nitrogens is 5. The van der Waals surface area contributed by atoms with E-state index in [1.807, 2.05) is 140 Å². The molecule has 140 heavy (non-hydrogen) atoms. The largest absolute Gasteiger partial charge is 0.460 e. The lowest BCUT2D eigenvalue weighted by atomic mass is 9.93. The van der Waals surface area contributed by atoms with Crippen molar-refractivity contribution < 1.29 is 67.0 Å². The van der Waals surface area contributed by atoms with Crippen LogP contribution in [-0.2, 0) is 14.4 Å². The average molecular weight is 1950 g/mol. The van der Waals surface area contributed by atoms with E-state index >= 15 is 0 Å². The van der Waals surface area contributed by atoms with Gasteiger partial charge >= 0.3 is 24.3 Å². The highest BCUT2D eigenvalue weighted by atomic mass is 32.1. The summed E-state index contributed by atoms with van der Waals surface area (Å²) in [7, 11) is 10.4. The summed E-state index contributed by atoms with van der Waals surface area (Å²) in [6.07, 6.45) is 18.3. The van der Waals surface area contributed by atoms with Gasteiger partial charge in [0.05, 0.1) is 44.6 Å². The van der Waals surface area contributed by atoms with Crippen LogP contribution in [0, 0.1) is 70.5 Å². The summed E-state index contributed by atoms with van der Waals surface area (Å²) in [5, 5.41) is 46.8. The Bertz CT molecular complexity index is 6280. The maximum atomic E-state index is 12.8. The topological polar surface area (TPSA) is 463 Å². The number of fused-ring (bicyclic) bond motifs is 10. The molecule has 746 valence electrons. The van der Waals surface area contributed by atoms with Gasteiger partial charge in [0.1, 0.15) is 107 Å². The molecular formula is C97H125F3N28O11S. The fraction of sp³-hybridized carbons (Fsp3) is 0.557. The summed E-state index contributed by atoms with van der Waals surface area (Å²) in [6, 6.07) is 21.1. The number of hydrogen-bond donors (Lipinski definition) is 10. The summed E-state index contributed by atoms with van der Waals surface area (Å²) >= 11 is 1.06. The number of aliphatic hydroxyl groups is 4. The SMILES string of the molecule is CC(C)[C@@H](O)C(=O)N1C[C@H]2CC(N(C)c3ncnc4[nH]ccc34)C[C@H]2C1.CN(c1ncnc2[nH]ccc12)C1C[C@@H]2CN(C(=O)C(C)(C)CO)C[C@@H]2C1.CN(c1ncnc2[nH]ccc12)C1C[C@@H]2CN(C(=O)C(O)C(F)(F)F)C[C@@H]2C1.CN(c1ncnc2[nH]ccc12)C1C[C@@H]2CN(C(=O)Nc3nc(OCC(C)(C)O)ns3)C[C@@H]2C1.CN(c1ncnc2[nH]ccc12)C1C[C@@H]2CN(C(=O)Oc3ccccc3)C[C@@H]2C1. The van der Waals surface area contributed by atoms with Crippen molar-refractivity contribution in [3.63, 3.8) is 0 Å². The Morgan fingerprint density at radius 1 is 0.450 bits per heavy atom. The molecule has 5 saturated carbocycles. The number of anilines is 6. The van der Waals surface area contributed by atoms with Gasteiger partial charge in [-0.1, -0.05) is 32.0 Å². The first-order valence-corrected chi connectivity index (χ1v) is 49.1. The molecule has 0 radical (unpaired) electrons. The van der Waals surface area contributed by atoms with Crippen LogP contribution in [0.3, 0.4) is 0 Å². The maximum absolute atomic E-state index is 12.8. The zero-order valence-electron chi connectivity index (χ0n) is 80.5. The van der Waals surface area contributed by atoms with Crippen molar-refractivity contribution in [3.8, 4) is 11.8 Å². The predicted molar refractivity (Wildman–Crippen MR) is 521 cm³/mol. The fourth-order valence-electron chi connectivity index (χ4n) is 23.0. The van der Waals surface area contributed by atoms with Gasteiger partial charge in [-0.05, 0) is 199 Å². The first-order valence-electron chi connectivity index (χ1n) is 48.3. The standard InChI is InChI=1S/C21H28N8O3S.C21H23N5O2.2C19H27N5O2.C17H20F3N5O2/c1-21(2,31)10-32-18-25-19(33-27-18)26-20(30)29-8-12-6-14(7-13(12)9-29)28(3)17-15-4-5-22-16(15)23-11-24-17;1-25(20-18-7-8-22-19(18)23-13-24-20)16-9-14-11-26(12-15(14)10-16)21(27)28-17-5-3-2-4-6-17;1-19(2,10-25)18(26)24-8-12-6-14(7-13(12)9-24)23(3)17-15-4-5-20-16(15)21-11-22-17;1-11(2)16(25)19(26)24-8-12-6-14(7-13(12)9-24)23(3)18-15-4-5-20-17(15)21-10-22-18;1-24(15-12-2-3-21-14(12)22-8-23-15)11-4-9-6-25(7-10(9)5-11)16(27)13(26)17(18,19)20/h4-5,11-14,31H,6-10H2,1-3H3,(H,22,23,24)(H,25,26,27,30);2-8,13-16H,9-12H2,1H3,(H,22,23,24);4-5,11-14,25H,6-10H2,1-3H3,(H,20,21,22);4-5,10-14,16,25H,6-9H2,1-3H3,(H,20,21,22);2-3,8-11,13,26H,4-7H2,1H3,(H,21,22,23)/t12-,13+,14?;14-,15+,16?;12-,13+,14?;12-,13+,14?,16-;9-,10+,11?,13?/m...1./s1. The monoisotopic (exact) mass is 1950 g/mol. The Hall–Kier alpha value is -12.7. The van der Waals surface area contributed by atoms with E-state index in [1.54, 1.807) is 45.4 Å². The van der Waals surface area contributed by atoms with E-state index < -0.39 is 35.3 Å². The lowest BCUT2D eigenvalue weighted by Crippen LogP contribution is -2.46. The molecule has 17 atom stereocenters. The molecule has 6 amide bonds. The average Bonchev–Trinajstić information content (AvgIpc) is 1.64. The molecule has 5 aliphatic heterocycles. The van der Waals surface area contributed by atoms with E-state index in [0.29, 0.717) is 82.4 Å². The van der Waals surface area contributed by atoms with Gasteiger partial charge in [-0.25, -0.2) is 59.4 Å². The predicted octanol–water partition coefficient (Wildman–Crippen LogP) is 10.5. The number of carbonyl (C=O) groups excluding carboxylic acids is 5. The minimum absolute atomic E-state index is 0.0386. The number of benzene rings is 1. The third-order valence-electron chi connectivity index (χ3n) is 30.7. The van der Waals surface area contributed by atoms with Gasteiger partial charge in [-0.3, -0.25) is 19.7 Å². The molecule has 16 heterocycles. The Labute approximate surface area is 811 Å². The van der Waals surface area contributed by atoms with E-state index in [4.69, 9.17) is 9.47 Å². The number of alkyl halides is 3. The second kappa shape index (κ2) is 40.5. The number of carbonyl (C=O) groups is 5. The zero-order chi connectivity index (χ0) is 98.5. The third-order valence-corrected chi connectivity index (χ3v) is 31.3. The highest BCUT2D eigenvalue weighted by molar-refractivity contribution is 7.10. The maximum Gasteiger partial charge on any atom is 0.423 e. The van der Waals surface area contributed by atoms with Crippen LogP contribution in [0.4, 0.5) is 57.0 Å². The lowest BCUT2D eigenvalue weighted by molar-refractivity contribution is -0.210. The Balaban J connectivity index is 0.000000116. The molecular weight excluding hydrogens is 1820 g/mol. The van der Waals surface area contributed by atoms with E-state index in [2.05, 4.69) is 142 Å². The quantitative estimate of drug-likeness (QED) is 0.0339. The molecule has 0 spiro atoms. The number of ether oxygens (including phenoxy) is 2. The lowest BCUT2D eigenvalue weighted by Gasteiger charge is -2.30. The molecule has 12 aromatic rings. The van der Waals surface area contributed by atoms with Crippen molar-refractivity contribution in [2.75, 3.05) is 144 Å². The Morgan fingerprint density at radius 3 is 1.06 bits per heavy atom. The molecule has 43 heteroatoms. The van der Waals surface area contributed by atoms with Gasteiger partial charge in [0.15, 0.2) is 0 Å². The Morgan fingerprint density at radius 2 is 0.757 bits per heavy atom. The minimum atomic E-state index is -4.92. The Kier molecular flexibility index (Phi) is 28.2. The van der Waals surface area contributed by atoms with Gasteiger partial charge in [-0.2, -0.15) is 18.2 Å². The molecule has 6 unspecified atom stereocenters. The van der Waals surface area contributed by atoms with Crippen LogP contribution < -0.4 is 39.3 Å². The molecule has 10 N–H and O–H groups in total. The summed E-state index contributed by atoms with van der Waals surface area (Å²) in [6.45, 7) is 17.3. The van der Waals surface area contributed by atoms with Gasteiger partial charge in [0, 0.05) is 173 Å². The molecule has 39 nitrogen and oxygen atoms in total. The van der Waals surface area contributed by atoms with Crippen LogP contribution in [0.15, 0.2) is 123 Å². The van der Waals surface area contributed by atoms with E-state index in [0.717, 1.165) is 217 Å². The van der Waals surface area contributed by atoms with Gasteiger partial charge in [0.25, 0.3) is 11.8 Å². The second-order valence-corrected chi connectivity index (χ2v) is 42.0. The number of aromatic amines is 5. The summed E-state index contributed by atoms with van der Waals surface area (Å²) in [5.74, 6) is 8.23. The normalized spacial score (nSPS) is 24.9. The van der Waals surface area contributed by atoms with Crippen LogP contribution in [0.2, 0.25) is 0 Å². The molecule has 10 aliphatic rings. The van der Waals surface area contributed by atoms with Crippen molar-refractivity contribution in [2.45, 2.75) is 160 Å². The number of likely N-dealkylation sites (tertiary alicyclic amines) is 5. The van der Waals surface area contributed by atoms with Crippen molar-refractivity contribution in [2.24, 2.45) is 70.5 Å². The molecule has 10 fully saturated rings. The number of rotatable bonds is 20. The van der Waals surface area contributed by atoms with Crippen molar-refractivity contribution in [3.05, 3.63) is 123 Å². The third kappa shape index (κ3) is 20.8. The smallest absolute Gasteiger partial charge is 0.423 e. The number of urea groups is 1.